The summed E-state index contributed by atoms with van der Waals surface area (Å²) in [7, 11) is 0. The van der Waals surface area contributed by atoms with Crippen molar-refractivity contribution in [1.29, 1.82) is 10.5 Å². The van der Waals surface area contributed by atoms with E-state index in [4.69, 9.17) is 0 Å². The number of fused-ring (bicyclic) bond motifs is 6. The molecule has 0 bridgehead atoms. The van der Waals surface area contributed by atoms with Gasteiger partial charge in [0.1, 0.15) is 6.07 Å². The fourth-order valence-electron chi connectivity index (χ4n) is 7.34. The number of aromatic nitrogens is 2. The molecule has 0 unspecified atom stereocenters. The van der Waals surface area contributed by atoms with E-state index < -0.39 is 0 Å². The van der Waals surface area contributed by atoms with Crippen LogP contribution in [-0.2, 0) is 0 Å². The second-order valence-electron chi connectivity index (χ2n) is 12.0. The summed E-state index contributed by atoms with van der Waals surface area (Å²) in [6.07, 6.45) is 0. The Labute approximate surface area is 277 Å². The van der Waals surface area contributed by atoms with Crippen molar-refractivity contribution in [3.05, 3.63) is 169 Å². The molecule has 0 N–H and O–H groups in total. The molecule has 0 spiro atoms. The van der Waals surface area contributed by atoms with Crippen LogP contribution in [0.4, 0.5) is 0 Å². The van der Waals surface area contributed by atoms with Crippen molar-refractivity contribution in [2.75, 3.05) is 0 Å². The average Bonchev–Trinajstić information content (AvgIpc) is 3.68. The molecule has 0 amide bonds. The maximum Gasteiger partial charge on any atom is 0.101 e. The van der Waals surface area contributed by atoms with Crippen molar-refractivity contribution in [3.8, 4) is 45.8 Å². The van der Waals surface area contributed by atoms with Crippen LogP contribution in [0.1, 0.15) is 11.1 Å². The minimum absolute atomic E-state index is 0.578. The predicted molar refractivity (Wildman–Crippen MR) is 195 cm³/mol. The molecule has 0 aliphatic carbocycles. The topological polar surface area (TPSA) is 57.4 Å². The Morgan fingerprint density at radius 3 is 1.58 bits per heavy atom. The molecular weight excluding hydrogens is 585 g/mol. The lowest BCUT2D eigenvalue weighted by molar-refractivity contribution is 1.17. The molecule has 2 heterocycles. The zero-order valence-electron chi connectivity index (χ0n) is 25.8. The molecule has 9 rings (SSSR count). The number of nitrogens with zero attached hydrogens (tertiary/aromatic N) is 4. The maximum atomic E-state index is 10.3. The van der Waals surface area contributed by atoms with E-state index in [-0.39, 0.29) is 0 Å². The summed E-state index contributed by atoms with van der Waals surface area (Å²) < 4.78 is 4.47. The third-order valence-electron chi connectivity index (χ3n) is 9.41. The zero-order valence-corrected chi connectivity index (χ0v) is 25.8. The van der Waals surface area contributed by atoms with Gasteiger partial charge in [-0.05, 0) is 65.2 Å². The molecule has 0 fully saturated rings. The summed E-state index contributed by atoms with van der Waals surface area (Å²) in [6.45, 7) is 0. The molecule has 0 saturated carbocycles. The lowest BCUT2D eigenvalue weighted by Crippen LogP contribution is -2.00. The van der Waals surface area contributed by atoms with Gasteiger partial charge in [0.15, 0.2) is 0 Å². The van der Waals surface area contributed by atoms with E-state index in [1.807, 2.05) is 42.5 Å². The number of rotatable bonds is 4. The fraction of sp³-hybridized carbons (Fsp3) is 0. The van der Waals surface area contributed by atoms with Crippen LogP contribution in [0.25, 0.3) is 77.2 Å². The van der Waals surface area contributed by atoms with Crippen molar-refractivity contribution in [1.82, 2.24) is 9.13 Å². The molecule has 7 aromatic carbocycles. The second kappa shape index (κ2) is 10.9. The van der Waals surface area contributed by atoms with E-state index in [1.165, 1.54) is 21.8 Å². The molecule has 0 aliphatic heterocycles. The van der Waals surface area contributed by atoms with Crippen molar-refractivity contribution < 1.29 is 0 Å². The zero-order chi connectivity index (χ0) is 32.2. The molecule has 2 aromatic heterocycles. The summed E-state index contributed by atoms with van der Waals surface area (Å²) in [5.74, 6) is 0. The SMILES string of the molecule is N#Cc1cccc(-n2c3ccccc3c3cccc(C#N)c32)c1-c1ccc(-c2cccc(-n3c4ccccc4c4ccccc43)c2)cc1. The van der Waals surface area contributed by atoms with E-state index in [2.05, 4.69) is 137 Å². The van der Waals surface area contributed by atoms with Crippen LogP contribution in [0.5, 0.6) is 0 Å². The van der Waals surface area contributed by atoms with Crippen molar-refractivity contribution in [2.24, 2.45) is 0 Å². The van der Waals surface area contributed by atoms with Gasteiger partial charge >= 0.3 is 0 Å². The third kappa shape index (κ3) is 4.07. The minimum Gasteiger partial charge on any atom is -0.309 e. The van der Waals surface area contributed by atoms with E-state index in [0.29, 0.717) is 11.1 Å². The van der Waals surface area contributed by atoms with Gasteiger partial charge in [0.25, 0.3) is 0 Å². The molecule has 4 nitrogen and oxygen atoms in total. The largest absolute Gasteiger partial charge is 0.309 e. The van der Waals surface area contributed by atoms with Crippen LogP contribution in [-0.4, -0.2) is 9.13 Å². The first-order chi connectivity index (χ1) is 23.7. The summed E-state index contributed by atoms with van der Waals surface area (Å²) >= 11 is 0. The smallest absolute Gasteiger partial charge is 0.101 e. The van der Waals surface area contributed by atoms with E-state index in [9.17, 15) is 10.5 Å². The minimum atomic E-state index is 0.578. The van der Waals surface area contributed by atoms with Gasteiger partial charge < -0.3 is 9.13 Å². The monoisotopic (exact) mass is 610 g/mol. The Morgan fingerprint density at radius 2 is 0.917 bits per heavy atom. The molecule has 0 atom stereocenters. The molecule has 48 heavy (non-hydrogen) atoms. The highest BCUT2D eigenvalue weighted by Gasteiger charge is 2.20. The van der Waals surface area contributed by atoms with Crippen LogP contribution in [0.2, 0.25) is 0 Å². The summed E-state index contributed by atoms with van der Waals surface area (Å²) in [4.78, 5) is 0. The predicted octanol–water partition coefficient (Wildman–Crippen LogP) is 11.0. The van der Waals surface area contributed by atoms with Crippen LogP contribution in [0.15, 0.2) is 158 Å². The van der Waals surface area contributed by atoms with Crippen LogP contribution < -0.4 is 0 Å². The molecule has 0 aliphatic rings. The van der Waals surface area contributed by atoms with Gasteiger partial charge in [-0.3, -0.25) is 0 Å². The number of para-hydroxylation sites is 4. The first-order valence-corrected chi connectivity index (χ1v) is 15.9. The summed E-state index contributed by atoms with van der Waals surface area (Å²) in [5.41, 5.74) is 11.3. The van der Waals surface area contributed by atoms with Crippen LogP contribution >= 0.6 is 0 Å². The Bertz CT molecular complexity index is 2750. The molecule has 0 radical (unpaired) electrons. The molecular formula is C44H26N4. The lowest BCUT2D eigenvalue weighted by Gasteiger charge is -2.16. The second-order valence-corrected chi connectivity index (χ2v) is 12.0. The van der Waals surface area contributed by atoms with Gasteiger partial charge in [0, 0.05) is 32.8 Å². The molecule has 9 aromatic rings. The first kappa shape index (κ1) is 27.4. The molecule has 4 heteroatoms. The Hall–Kier alpha value is -6.88. The Morgan fingerprint density at radius 1 is 0.396 bits per heavy atom. The quantitative estimate of drug-likeness (QED) is 0.199. The highest BCUT2D eigenvalue weighted by molar-refractivity contribution is 6.12. The summed E-state index contributed by atoms with van der Waals surface area (Å²) in [6, 6.07) is 58.9. The summed E-state index contributed by atoms with van der Waals surface area (Å²) in [5, 5.41) is 25.0. The van der Waals surface area contributed by atoms with Gasteiger partial charge in [-0.25, -0.2) is 0 Å². The highest BCUT2D eigenvalue weighted by atomic mass is 15.0. The Balaban J connectivity index is 1.19. The number of hydrogen-bond acceptors (Lipinski definition) is 2. The van der Waals surface area contributed by atoms with Gasteiger partial charge in [0.2, 0.25) is 0 Å². The molecule has 222 valence electrons. The van der Waals surface area contributed by atoms with E-state index in [1.54, 1.807) is 0 Å². The highest BCUT2D eigenvalue weighted by Crippen LogP contribution is 2.39. The van der Waals surface area contributed by atoms with Gasteiger partial charge in [-0.1, -0.05) is 109 Å². The van der Waals surface area contributed by atoms with E-state index in [0.717, 1.165) is 55.4 Å². The third-order valence-corrected chi connectivity index (χ3v) is 9.41. The van der Waals surface area contributed by atoms with Crippen molar-refractivity contribution in [2.45, 2.75) is 0 Å². The van der Waals surface area contributed by atoms with Gasteiger partial charge in [-0.2, -0.15) is 10.5 Å². The number of nitriles is 2. The van der Waals surface area contributed by atoms with Gasteiger partial charge in [0.05, 0.1) is 45.0 Å². The first-order valence-electron chi connectivity index (χ1n) is 15.9. The van der Waals surface area contributed by atoms with Crippen LogP contribution in [0.3, 0.4) is 0 Å². The Kier molecular flexibility index (Phi) is 6.22. The van der Waals surface area contributed by atoms with Crippen molar-refractivity contribution >= 4 is 43.6 Å². The van der Waals surface area contributed by atoms with Crippen molar-refractivity contribution in [3.63, 3.8) is 0 Å². The standard InChI is InChI=1S/C44H26N4/c45-27-32-11-9-21-42(48-41-20-6-3-16-37(41)38-17-8-12-33(28-46)44(38)48)43(32)30-24-22-29(23-25-30)31-10-7-13-34(26-31)47-39-18-4-1-14-35(39)36-15-2-5-19-40(36)47/h1-26H. The molecule has 0 saturated heterocycles. The van der Waals surface area contributed by atoms with Crippen LogP contribution in [0, 0.1) is 22.7 Å². The number of hydrogen-bond donors (Lipinski definition) is 0. The average molecular weight is 611 g/mol. The maximum absolute atomic E-state index is 10.3. The number of benzene rings is 7. The lowest BCUT2D eigenvalue weighted by atomic mass is 9.95. The fourth-order valence-corrected chi connectivity index (χ4v) is 7.34. The van der Waals surface area contributed by atoms with Gasteiger partial charge in [-0.15, -0.1) is 0 Å². The van der Waals surface area contributed by atoms with E-state index >= 15 is 0 Å². The normalized spacial score (nSPS) is 11.3.